The van der Waals surface area contributed by atoms with Crippen LogP contribution in [0.2, 0.25) is 5.02 Å². The third-order valence-corrected chi connectivity index (χ3v) is 2.83. The molecule has 0 aliphatic carbocycles. The predicted octanol–water partition coefficient (Wildman–Crippen LogP) is 2.76. The van der Waals surface area contributed by atoms with E-state index in [1.807, 2.05) is 23.7 Å². The van der Waals surface area contributed by atoms with Crippen LogP contribution in [-0.2, 0) is 6.54 Å². The summed E-state index contributed by atoms with van der Waals surface area (Å²) in [5, 5.41) is 13.5. The SMILES string of the molecule is Cc1c(Cl)cnn1Cc1ccc(C#N)cc1. The number of aromatic nitrogens is 2. The van der Waals surface area contributed by atoms with Crippen LogP contribution in [0.3, 0.4) is 0 Å². The van der Waals surface area contributed by atoms with Crippen LogP contribution in [0.4, 0.5) is 0 Å². The van der Waals surface area contributed by atoms with Gasteiger partial charge in [-0.25, -0.2) is 0 Å². The molecule has 1 aromatic heterocycles. The van der Waals surface area contributed by atoms with Crippen molar-refractivity contribution in [3.05, 3.63) is 52.3 Å². The molecule has 2 aromatic rings. The van der Waals surface area contributed by atoms with E-state index in [1.54, 1.807) is 18.3 Å². The first-order valence-corrected chi connectivity index (χ1v) is 5.25. The summed E-state index contributed by atoms with van der Waals surface area (Å²) in [4.78, 5) is 0. The Labute approximate surface area is 98.9 Å². The maximum Gasteiger partial charge on any atom is 0.0991 e. The number of nitriles is 1. The maximum atomic E-state index is 8.68. The smallest absolute Gasteiger partial charge is 0.0991 e. The van der Waals surface area contributed by atoms with Crippen molar-refractivity contribution in [1.29, 1.82) is 5.26 Å². The molecule has 0 radical (unpaired) electrons. The minimum atomic E-state index is 0.666. The van der Waals surface area contributed by atoms with Crippen molar-refractivity contribution >= 4 is 11.6 Å². The number of hydrogen-bond donors (Lipinski definition) is 0. The van der Waals surface area contributed by atoms with Gasteiger partial charge in [0.1, 0.15) is 0 Å². The standard InChI is InChI=1S/C12H10ClN3/c1-9-12(13)7-15-16(9)8-11-4-2-10(6-14)3-5-11/h2-5,7H,8H2,1H3. The third-order valence-electron chi connectivity index (χ3n) is 2.46. The van der Waals surface area contributed by atoms with Crippen molar-refractivity contribution in [2.45, 2.75) is 13.5 Å². The normalized spacial score (nSPS) is 10.1. The lowest BCUT2D eigenvalue weighted by Gasteiger charge is -2.04. The second-order valence-electron chi connectivity index (χ2n) is 3.54. The fraction of sp³-hybridized carbons (Fsp3) is 0.167. The van der Waals surface area contributed by atoms with Crippen molar-refractivity contribution < 1.29 is 0 Å². The highest BCUT2D eigenvalue weighted by Crippen LogP contribution is 2.15. The summed E-state index contributed by atoms with van der Waals surface area (Å²) in [7, 11) is 0. The Kier molecular flexibility index (Phi) is 2.93. The summed E-state index contributed by atoms with van der Waals surface area (Å²) in [6.45, 7) is 2.60. The van der Waals surface area contributed by atoms with Gasteiger partial charge in [-0.05, 0) is 24.6 Å². The van der Waals surface area contributed by atoms with Crippen molar-refractivity contribution in [3.63, 3.8) is 0 Å². The summed E-state index contributed by atoms with van der Waals surface area (Å²) in [6, 6.07) is 9.54. The van der Waals surface area contributed by atoms with Gasteiger partial charge in [-0.15, -0.1) is 0 Å². The highest BCUT2D eigenvalue weighted by Gasteiger charge is 2.04. The van der Waals surface area contributed by atoms with Crippen LogP contribution in [-0.4, -0.2) is 9.78 Å². The Morgan fingerprint density at radius 2 is 2.06 bits per heavy atom. The second kappa shape index (κ2) is 4.38. The molecule has 0 amide bonds. The van der Waals surface area contributed by atoms with E-state index < -0.39 is 0 Å². The molecule has 2 rings (SSSR count). The van der Waals surface area contributed by atoms with Crippen LogP contribution in [0.1, 0.15) is 16.8 Å². The van der Waals surface area contributed by atoms with Crippen LogP contribution in [0.5, 0.6) is 0 Å². The highest BCUT2D eigenvalue weighted by atomic mass is 35.5. The first-order chi connectivity index (χ1) is 7.70. The molecule has 80 valence electrons. The van der Waals surface area contributed by atoms with Gasteiger partial charge in [0.2, 0.25) is 0 Å². The van der Waals surface area contributed by atoms with E-state index in [2.05, 4.69) is 11.2 Å². The first kappa shape index (κ1) is 10.7. The molecule has 0 bridgehead atoms. The number of rotatable bonds is 2. The van der Waals surface area contributed by atoms with E-state index in [1.165, 1.54) is 0 Å². The molecule has 4 heteroatoms. The number of hydrogen-bond acceptors (Lipinski definition) is 2. The van der Waals surface area contributed by atoms with E-state index in [-0.39, 0.29) is 0 Å². The molecule has 1 heterocycles. The molecular weight excluding hydrogens is 222 g/mol. The van der Waals surface area contributed by atoms with Gasteiger partial charge < -0.3 is 0 Å². The van der Waals surface area contributed by atoms with E-state index in [4.69, 9.17) is 16.9 Å². The summed E-state index contributed by atoms with van der Waals surface area (Å²) in [5.41, 5.74) is 2.71. The molecule has 0 unspecified atom stereocenters. The van der Waals surface area contributed by atoms with Crippen LogP contribution in [0.15, 0.2) is 30.5 Å². The monoisotopic (exact) mass is 231 g/mol. The summed E-state index contributed by atoms with van der Waals surface area (Å²) < 4.78 is 1.84. The maximum absolute atomic E-state index is 8.68. The molecule has 1 aromatic carbocycles. The largest absolute Gasteiger partial charge is 0.264 e. The molecule has 0 saturated heterocycles. The molecule has 0 aliphatic rings. The zero-order valence-electron chi connectivity index (χ0n) is 8.81. The van der Waals surface area contributed by atoms with Gasteiger partial charge in [0.15, 0.2) is 0 Å². The lowest BCUT2D eigenvalue weighted by Crippen LogP contribution is -2.03. The van der Waals surface area contributed by atoms with Gasteiger partial charge in [0, 0.05) is 0 Å². The molecule has 0 spiro atoms. The third kappa shape index (κ3) is 2.07. The number of benzene rings is 1. The van der Waals surface area contributed by atoms with Gasteiger partial charge in [0.25, 0.3) is 0 Å². The van der Waals surface area contributed by atoms with Crippen LogP contribution >= 0.6 is 11.6 Å². The van der Waals surface area contributed by atoms with Gasteiger partial charge >= 0.3 is 0 Å². The minimum Gasteiger partial charge on any atom is -0.264 e. The van der Waals surface area contributed by atoms with Crippen LogP contribution in [0, 0.1) is 18.3 Å². The fourth-order valence-corrected chi connectivity index (χ4v) is 1.58. The highest BCUT2D eigenvalue weighted by molar-refractivity contribution is 6.31. The molecule has 0 N–H and O–H groups in total. The summed E-state index contributed by atoms with van der Waals surface area (Å²) in [6.07, 6.45) is 1.64. The van der Waals surface area contributed by atoms with Gasteiger partial charge in [-0.3, -0.25) is 4.68 Å². The lowest BCUT2D eigenvalue weighted by atomic mass is 10.1. The first-order valence-electron chi connectivity index (χ1n) is 4.87. The van der Waals surface area contributed by atoms with Crippen molar-refractivity contribution in [2.24, 2.45) is 0 Å². The Hall–Kier alpha value is -1.79. The van der Waals surface area contributed by atoms with Gasteiger partial charge in [-0.1, -0.05) is 23.7 Å². The van der Waals surface area contributed by atoms with E-state index in [9.17, 15) is 0 Å². The number of nitrogens with zero attached hydrogens (tertiary/aromatic N) is 3. The fourth-order valence-electron chi connectivity index (χ4n) is 1.44. The average molecular weight is 232 g/mol. The van der Waals surface area contributed by atoms with Gasteiger partial charge in [0.05, 0.1) is 35.1 Å². The Morgan fingerprint density at radius 1 is 1.38 bits per heavy atom. The van der Waals surface area contributed by atoms with Crippen LogP contribution < -0.4 is 0 Å². The summed E-state index contributed by atoms with van der Waals surface area (Å²) in [5.74, 6) is 0. The molecule has 0 atom stereocenters. The van der Waals surface area contributed by atoms with E-state index in [0.29, 0.717) is 17.1 Å². The summed E-state index contributed by atoms with van der Waals surface area (Å²) >= 11 is 5.92. The molecule has 0 fully saturated rings. The van der Waals surface area contributed by atoms with Crippen molar-refractivity contribution in [1.82, 2.24) is 9.78 Å². The molecule has 0 aliphatic heterocycles. The average Bonchev–Trinajstić information content (AvgIpc) is 2.62. The zero-order chi connectivity index (χ0) is 11.5. The lowest BCUT2D eigenvalue weighted by molar-refractivity contribution is 0.665. The number of halogens is 1. The van der Waals surface area contributed by atoms with Crippen LogP contribution in [0.25, 0.3) is 0 Å². The Bertz CT molecular complexity index is 534. The Morgan fingerprint density at radius 3 is 2.56 bits per heavy atom. The topological polar surface area (TPSA) is 41.6 Å². The van der Waals surface area contributed by atoms with E-state index in [0.717, 1.165) is 11.3 Å². The quantitative estimate of drug-likeness (QED) is 0.798. The molecule has 0 saturated carbocycles. The predicted molar refractivity (Wildman–Crippen MR) is 62.2 cm³/mol. The Balaban J connectivity index is 2.21. The van der Waals surface area contributed by atoms with Crippen molar-refractivity contribution in [2.75, 3.05) is 0 Å². The molecule has 16 heavy (non-hydrogen) atoms. The molecular formula is C12H10ClN3. The van der Waals surface area contributed by atoms with Gasteiger partial charge in [-0.2, -0.15) is 10.4 Å². The minimum absolute atomic E-state index is 0.666. The zero-order valence-corrected chi connectivity index (χ0v) is 9.57. The molecule has 3 nitrogen and oxygen atoms in total. The van der Waals surface area contributed by atoms with Crippen molar-refractivity contribution in [3.8, 4) is 6.07 Å². The second-order valence-corrected chi connectivity index (χ2v) is 3.95. The van der Waals surface area contributed by atoms with E-state index >= 15 is 0 Å².